The molecule has 0 aromatic heterocycles. The Kier molecular flexibility index (Phi) is 7.07. The van der Waals surface area contributed by atoms with Crippen LogP contribution in [0.3, 0.4) is 0 Å². The summed E-state index contributed by atoms with van der Waals surface area (Å²) in [6, 6.07) is 25.4. The number of allylic oxidation sites excluding steroid dienone is 1. The predicted octanol–water partition coefficient (Wildman–Crippen LogP) is 7.54. The van der Waals surface area contributed by atoms with Gasteiger partial charge < -0.3 is 9.47 Å². The van der Waals surface area contributed by atoms with Crippen LogP contribution in [0, 0.1) is 13.8 Å². The SMILES string of the molecule is Cc1cc(S(Br)(c2ccccc2)c2ccccc2)cc(C)c1OCC(=O)OC1C=CCC1. The summed E-state index contributed by atoms with van der Waals surface area (Å²) in [5.74, 6) is 0.404. The van der Waals surface area contributed by atoms with Crippen LogP contribution in [0.2, 0.25) is 0 Å². The van der Waals surface area contributed by atoms with Crippen molar-refractivity contribution in [1.82, 2.24) is 0 Å². The monoisotopic (exact) mass is 510 g/mol. The molecule has 0 bridgehead atoms. The van der Waals surface area contributed by atoms with Crippen molar-refractivity contribution in [2.75, 3.05) is 6.61 Å². The molecule has 0 saturated carbocycles. The number of esters is 1. The molecule has 1 aliphatic carbocycles. The van der Waals surface area contributed by atoms with Crippen LogP contribution in [0.5, 0.6) is 5.75 Å². The van der Waals surface area contributed by atoms with Crippen molar-refractivity contribution in [1.29, 1.82) is 0 Å². The highest BCUT2D eigenvalue weighted by Gasteiger charge is 2.29. The Morgan fingerprint density at radius 3 is 2.00 bits per heavy atom. The molecule has 166 valence electrons. The van der Waals surface area contributed by atoms with Gasteiger partial charge in [0, 0.05) is 14.7 Å². The number of rotatable bonds is 7. The summed E-state index contributed by atoms with van der Waals surface area (Å²) in [6.45, 7) is 3.97. The molecule has 0 N–H and O–H groups in total. The molecule has 3 aromatic rings. The molecule has 0 amide bonds. The second-order valence-corrected chi connectivity index (χ2v) is 13.3. The molecule has 1 aliphatic rings. The van der Waals surface area contributed by atoms with E-state index in [1.165, 1.54) is 14.7 Å². The Hall–Kier alpha value is -2.50. The van der Waals surface area contributed by atoms with Crippen LogP contribution in [0.4, 0.5) is 0 Å². The summed E-state index contributed by atoms with van der Waals surface area (Å²) in [7, 11) is -1.63. The summed E-state index contributed by atoms with van der Waals surface area (Å²) in [6.07, 6.45) is 5.67. The molecule has 0 heterocycles. The van der Waals surface area contributed by atoms with E-state index in [0.29, 0.717) is 0 Å². The second-order valence-electron chi connectivity index (χ2n) is 7.87. The first-order valence-electron chi connectivity index (χ1n) is 10.7. The summed E-state index contributed by atoms with van der Waals surface area (Å²) in [5, 5.41) is 0. The van der Waals surface area contributed by atoms with Gasteiger partial charge in [0.15, 0.2) is 6.61 Å². The molecule has 0 saturated heterocycles. The number of carbonyl (C=O) groups excluding carboxylic acids is 1. The molecule has 5 heteroatoms. The van der Waals surface area contributed by atoms with Crippen molar-refractivity contribution in [3.05, 3.63) is 96.1 Å². The standard InChI is InChI=1S/C27H27BrO3S/c1-20-17-25(18-21(2)27(20)30-19-26(29)31-22-11-9-10-12-22)32(28,23-13-5-3-6-14-23)24-15-7-4-8-16-24/h3-9,11,13-18,22H,10,12,19H2,1-2H3. The zero-order valence-corrected chi connectivity index (χ0v) is 20.7. The Balaban J connectivity index is 1.63. The average Bonchev–Trinajstić information content (AvgIpc) is 3.32. The minimum Gasteiger partial charge on any atom is -0.481 e. The summed E-state index contributed by atoms with van der Waals surface area (Å²) >= 11 is 4.18. The van der Waals surface area contributed by atoms with Crippen molar-refractivity contribution < 1.29 is 14.3 Å². The smallest absolute Gasteiger partial charge is 0.344 e. The maximum atomic E-state index is 12.2. The molecule has 0 aliphatic heterocycles. The Morgan fingerprint density at radius 2 is 1.50 bits per heavy atom. The van der Waals surface area contributed by atoms with Crippen molar-refractivity contribution >= 4 is 29.2 Å². The number of ether oxygens (including phenoxy) is 2. The molecule has 0 fully saturated rings. The minimum absolute atomic E-state index is 0.0882. The number of carbonyl (C=O) groups is 1. The lowest BCUT2D eigenvalue weighted by Crippen LogP contribution is -2.20. The fraction of sp³-hybridized carbons (Fsp3) is 0.222. The molecule has 0 spiro atoms. The van der Waals surface area contributed by atoms with E-state index in [1.54, 1.807) is 0 Å². The fourth-order valence-corrected chi connectivity index (χ4v) is 8.38. The third-order valence-electron chi connectivity index (χ3n) is 5.48. The van der Waals surface area contributed by atoms with E-state index >= 15 is 0 Å². The summed E-state index contributed by atoms with van der Waals surface area (Å²) in [4.78, 5) is 15.9. The van der Waals surface area contributed by atoms with Crippen molar-refractivity contribution in [2.45, 2.75) is 47.5 Å². The topological polar surface area (TPSA) is 35.5 Å². The van der Waals surface area contributed by atoms with Gasteiger partial charge in [-0.25, -0.2) is 4.79 Å². The highest BCUT2D eigenvalue weighted by molar-refractivity contribution is 9.58. The van der Waals surface area contributed by atoms with Gasteiger partial charge in [0.25, 0.3) is 0 Å². The molecule has 3 nitrogen and oxygen atoms in total. The van der Waals surface area contributed by atoms with Gasteiger partial charge in [-0.1, -0.05) is 42.5 Å². The van der Waals surface area contributed by atoms with E-state index in [9.17, 15) is 4.79 Å². The van der Waals surface area contributed by atoms with Gasteiger partial charge in [0.2, 0.25) is 0 Å². The summed E-state index contributed by atoms with van der Waals surface area (Å²) < 4.78 is 11.4. The molecule has 32 heavy (non-hydrogen) atoms. The van der Waals surface area contributed by atoms with Gasteiger partial charge in [-0.3, -0.25) is 0 Å². The third-order valence-corrected chi connectivity index (χ3v) is 11.6. The molecule has 3 aromatic carbocycles. The largest absolute Gasteiger partial charge is 0.481 e. The van der Waals surface area contributed by atoms with Crippen LogP contribution in [-0.2, 0) is 9.53 Å². The highest BCUT2D eigenvalue weighted by Crippen LogP contribution is 2.74. The third kappa shape index (κ3) is 4.79. The molecule has 4 rings (SSSR count). The van der Waals surface area contributed by atoms with E-state index in [2.05, 4.69) is 75.5 Å². The lowest BCUT2D eigenvalue weighted by molar-refractivity contribution is -0.149. The molecule has 1 unspecified atom stereocenters. The fourth-order valence-electron chi connectivity index (χ4n) is 3.96. The van der Waals surface area contributed by atoms with E-state index in [-0.39, 0.29) is 18.7 Å². The Bertz CT molecular complexity index is 1050. The normalized spacial score (nSPS) is 16.0. The van der Waals surface area contributed by atoms with Crippen LogP contribution in [0.15, 0.2) is 99.6 Å². The first kappa shape index (κ1) is 22.7. The first-order chi connectivity index (χ1) is 15.5. The first-order valence-corrected chi connectivity index (χ1v) is 14.2. The van der Waals surface area contributed by atoms with Gasteiger partial charge in [0.05, 0.1) is 0 Å². The molecular formula is C27H27BrO3S. The van der Waals surface area contributed by atoms with Crippen molar-refractivity contribution in [2.24, 2.45) is 0 Å². The van der Waals surface area contributed by atoms with Gasteiger partial charge in [-0.05, 0) is 95.1 Å². The highest BCUT2D eigenvalue weighted by atomic mass is 79.9. The minimum atomic E-state index is -1.63. The zero-order valence-electron chi connectivity index (χ0n) is 18.3. The van der Waals surface area contributed by atoms with E-state index in [4.69, 9.17) is 9.47 Å². The number of benzene rings is 3. The Morgan fingerprint density at radius 1 is 0.938 bits per heavy atom. The van der Waals surface area contributed by atoms with Crippen LogP contribution in [0.1, 0.15) is 24.0 Å². The maximum absolute atomic E-state index is 12.2. The van der Waals surface area contributed by atoms with Gasteiger partial charge in [0.1, 0.15) is 11.9 Å². The van der Waals surface area contributed by atoms with E-state index < -0.39 is 8.46 Å². The number of halogens is 1. The van der Waals surface area contributed by atoms with E-state index in [0.717, 1.165) is 29.7 Å². The Labute approximate surface area is 199 Å². The molecular weight excluding hydrogens is 484 g/mol. The molecule has 0 radical (unpaired) electrons. The molecule has 1 atom stereocenters. The van der Waals surface area contributed by atoms with Crippen LogP contribution in [0.25, 0.3) is 0 Å². The lowest BCUT2D eigenvalue weighted by Gasteiger charge is -2.35. The van der Waals surface area contributed by atoms with E-state index in [1.807, 2.05) is 38.1 Å². The number of hydrogen-bond acceptors (Lipinski definition) is 3. The van der Waals surface area contributed by atoms with Crippen LogP contribution >= 0.6 is 23.3 Å². The number of hydrogen-bond donors (Lipinski definition) is 0. The zero-order chi connectivity index (χ0) is 22.6. The van der Waals surface area contributed by atoms with Crippen LogP contribution < -0.4 is 4.74 Å². The van der Waals surface area contributed by atoms with Crippen molar-refractivity contribution in [3.8, 4) is 5.75 Å². The van der Waals surface area contributed by atoms with Gasteiger partial charge in [-0.15, -0.1) is 8.46 Å². The average molecular weight is 511 g/mol. The lowest BCUT2D eigenvalue weighted by atomic mass is 10.1. The van der Waals surface area contributed by atoms with Crippen molar-refractivity contribution in [3.63, 3.8) is 0 Å². The second kappa shape index (κ2) is 9.97. The quantitative estimate of drug-likeness (QED) is 0.243. The predicted molar refractivity (Wildman–Crippen MR) is 134 cm³/mol. The van der Waals surface area contributed by atoms with Gasteiger partial charge in [-0.2, -0.15) is 0 Å². The van der Waals surface area contributed by atoms with Gasteiger partial charge >= 0.3 is 5.97 Å². The summed E-state index contributed by atoms with van der Waals surface area (Å²) in [5.41, 5.74) is 1.99. The van der Waals surface area contributed by atoms with Crippen LogP contribution in [-0.4, -0.2) is 18.7 Å². The maximum Gasteiger partial charge on any atom is 0.344 e. The number of aryl methyl sites for hydroxylation is 2.